The predicted octanol–water partition coefficient (Wildman–Crippen LogP) is 7.13. The summed E-state index contributed by atoms with van der Waals surface area (Å²) in [5, 5.41) is 0. The topological polar surface area (TPSA) is 46.5 Å². The van der Waals surface area contributed by atoms with Crippen LogP contribution in [0.4, 0.5) is 0 Å². The van der Waals surface area contributed by atoms with Crippen LogP contribution in [0.3, 0.4) is 0 Å². The lowest BCUT2D eigenvalue weighted by Gasteiger charge is -2.06. The van der Waals surface area contributed by atoms with Crippen molar-refractivity contribution in [2.75, 3.05) is 6.61 Å². The highest BCUT2D eigenvalue weighted by Crippen LogP contribution is 2.46. The molecule has 150 valence electrons. The van der Waals surface area contributed by atoms with Gasteiger partial charge in [0.25, 0.3) is 0 Å². The summed E-state index contributed by atoms with van der Waals surface area (Å²) in [5.74, 6) is 0. The van der Waals surface area contributed by atoms with Gasteiger partial charge in [0.15, 0.2) is 0 Å². The zero-order valence-corrected chi connectivity index (χ0v) is 18.2. The average molecular weight is 401 g/mol. The van der Waals surface area contributed by atoms with E-state index in [9.17, 15) is 4.57 Å². The Kier molecular flexibility index (Phi) is 13.5. The van der Waals surface area contributed by atoms with Crippen LogP contribution in [0.25, 0.3) is 0 Å². The van der Waals surface area contributed by atoms with Gasteiger partial charge in [-0.3, -0.25) is 0 Å². The van der Waals surface area contributed by atoms with Crippen LogP contribution in [0.1, 0.15) is 88.7 Å². The van der Waals surface area contributed by atoms with Gasteiger partial charge in [-0.1, -0.05) is 94.8 Å². The highest BCUT2D eigenvalue weighted by Gasteiger charge is 2.10. The minimum absolute atomic E-state index is 0.317. The summed E-state index contributed by atoms with van der Waals surface area (Å²) in [7, 11) is 0. The fraction of sp³-hybridized carbons (Fsp3) is 0.714. The van der Waals surface area contributed by atoms with Gasteiger partial charge in [0.05, 0.1) is 6.61 Å². The van der Waals surface area contributed by atoms with Crippen molar-refractivity contribution in [3.05, 3.63) is 35.4 Å². The number of benzene rings is 1. The molecule has 1 N–H and O–H groups in total. The first-order valence-electron chi connectivity index (χ1n) is 10.3. The summed E-state index contributed by atoms with van der Waals surface area (Å²) in [6.07, 6.45) is 15.9. The van der Waals surface area contributed by atoms with Crippen LogP contribution in [-0.4, -0.2) is 11.5 Å². The molecular weight excluding hydrogens is 363 g/mol. The molecule has 0 aliphatic rings. The molecule has 0 saturated carbocycles. The normalized spacial score (nSPS) is 13.7. The number of rotatable bonds is 16. The van der Waals surface area contributed by atoms with E-state index in [2.05, 4.69) is 43.4 Å². The van der Waals surface area contributed by atoms with Gasteiger partial charge in [-0.05, 0) is 43.2 Å². The number of hydrogen-bond acceptors (Lipinski definition) is 2. The van der Waals surface area contributed by atoms with Gasteiger partial charge in [0, 0.05) is 0 Å². The lowest BCUT2D eigenvalue weighted by molar-refractivity contribution is 0.268. The van der Waals surface area contributed by atoms with Crippen LogP contribution in [0.2, 0.25) is 0 Å². The zero-order chi connectivity index (χ0) is 19.1. The Labute approximate surface area is 165 Å². The fourth-order valence-corrected chi connectivity index (χ4v) is 3.74. The summed E-state index contributed by atoms with van der Waals surface area (Å²) in [6.45, 7) is -1.01. The maximum absolute atomic E-state index is 10.8. The van der Waals surface area contributed by atoms with Gasteiger partial charge < -0.3 is 9.42 Å². The second-order valence-corrected chi connectivity index (χ2v) is 9.93. The molecule has 1 rings (SSSR count). The number of thiol groups is 1. The summed E-state index contributed by atoms with van der Waals surface area (Å²) in [6, 6.07) is 9.16. The molecule has 0 aliphatic carbocycles. The van der Waals surface area contributed by atoms with Crippen molar-refractivity contribution in [3.8, 4) is 0 Å². The molecule has 3 nitrogen and oxygen atoms in total. The lowest BCUT2D eigenvalue weighted by Crippen LogP contribution is -1.91. The molecule has 0 spiro atoms. The first-order valence-corrected chi connectivity index (χ1v) is 13.0. The quantitative estimate of drug-likeness (QED) is 0.176. The predicted molar refractivity (Wildman–Crippen MR) is 115 cm³/mol. The monoisotopic (exact) mass is 400 g/mol. The second kappa shape index (κ2) is 14.7. The molecule has 0 amide bonds. The summed E-state index contributed by atoms with van der Waals surface area (Å²) in [4.78, 5) is 8.89. The Balaban J connectivity index is 2.02. The molecular formula is C21H37O3PS. The van der Waals surface area contributed by atoms with Gasteiger partial charge in [0.1, 0.15) is 0 Å². The largest absolute Gasteiger partial charge is 0.383 e. The van der Waals surface area contributed by atoms with Gasteiger partial charge in [0.2, 0.25) is 0 Å². The molecule has 1 aromatic rings. The minimum atomic E-state index is -3.59. The lowest BCUT2D eigenvalue weighted by atomic mass is 10.0. The third-order valence-corrected chi connectivity index (χ3v) is 5.58. The first kappa shape index (κ1) is 23.8. The van der Waals surface area contributed by atoms with Crippen LogP contribution in [0, 0.1) is 0 Å². The zero-order valence-electron chi connectivity index (χ0n) is 16.4. The average Bonchev–Trinajstić information content (AvgIpc) is 2.60. The molecule has 5 heteroatoms. The van der Waals surface area contributed by atoms with Crippen LogP contribution in [0.15, 0.2) is 24.3 Å². The summed E-state index contributed by atoms with van der Waals surface area (Å²) >= 11 is 3.49. The first-order chi connectivity index (χ1) is 12.5. The van der Waals surface area contributed by atoms with Gasteiger partial charge >= 0.3 is 6.80 Å². The van der Waals surface area contributed by atoms with E-state index >= 15 is 0 Å². The molecule has 0 aromatic heterocycles. The van der Waals surface area contributed by atoms with Crippen LogP contribution >= 0.6 is 19.0 Å². The molecule has 1 aromatic carbocycles. The van der Waals surface area contributed by atoms with Crippen LogP contribution < -0.4 is 0 Å². The molecule has 0 heterocycles. The SMILES string of the molecule is CCCCCCCCc1ccc(CCCCCCCOP(=O)(O)S)cc1. The van der Waals surface area contributed by atoms with Crippen LogP contribution in [-0.2, 0) is 21.9 Å². The van der Waals surface area contributed by atoms with E-state index in [0.717, 1.165) is 25.7 Å². The molecule has 0 aliphatic heterocycles. The Hall–Kier alpha value is -0.280. The van der Waals surface area contributed by atoms with E-state index in [-0.39, 0.29) is 0 Å². The Morgan fingerprint density at radius 3 is 1.69 bits per heavy atom. The molecule has 26 heavy (non-hydrogen) atoms. The standard InChI is InChI=1S/C21H37O3PS/c1-2-3-4-5-7-10-13-20-15-17-21(18-16-20)14-11-8-6-9-12-19-24-25(22,23)26/h15-18H,2-14,19H2,1H3,(H2,22,23,26). The maximum atomic E-state index is 10.8. The van der Waals surface area contributed by atoms with E-state index < -0.39 is 6.80 Å². The molecule has 1 unspecified atom stereocenters. The Morgan fingerprint density at radius 2 is 1.23 bits per heavy atom. The van der Waals surface area contributed by atoms with Crippen molar-refractivity contribution in [3.63, 3.8) is 0 Å². The van der Waals surface area contributed by atoms with Crippen LogP contribution in [0.5, 0.6) is 0 Å². The molecule has 1 atom stereocenters. The van der Waals surface area contributed by atoms with E-state index in [0.29, 0.717) is 6.61 Å². The number of hydrogen-bond donors (Lipinski definition) is 2. The molecule has 0 radical (unpaired) electrons. The van der Waals surface area contributed by atoms with Crippen molar-refractivity contribution >= 4 is 19.0 Å². The van der Waals surface area contributed by atoms with Gasteiger partial charge in [-0.2, -0.15) is 0 Å². The number of unbranched alkanes of at least 4 members (excludes halogenated alkanes) is 9. The Morgan fingerprint density at radius 1 is 0.808 bits per heavy atom. The third-order valence-electron chi connectivity index (χ3n) is 4.71. The number of aryl methyl sites for hydroxylation is 2. The second-order valence-electron chi connectivity index (χ2n) is 7.18. The van der Waals surface area contributed by atoms with Crippen molar-refractivity contribution in [1.29, 1.82) is 0 Å². The van der Waals surface area contributed by atoms with Crippen molar-refractivity contribution < 1.29 is 14.0 Å². The Bertz CT molecular complexity index is 498. The molecule has 0 bridgehead atoms. The minimum Gasteiger partial charge on any atom is -0.317 e. The highest BCUT2D eigenvalue weighted by molar-refractivity contribution is 8.44. The van der Waals surface area contributed by atoms with Gasteiger partial charge in [-0.15, -0.1) is 0 Å². The van der Waals surface area contributed by atoms with Crippen molar-refractivity contribution in [1.82, 2.24) is 0 Å². The molecule has 0 saturated heterocycles. The summed E-state index contributed by atoms with van der Waals surface area (Å²) in [5.41, 5.74) is 2.89. The van der Waals surface area contributed by atoms with E-state index in [1.54, 1.807) is 0 Å². The summed E-state index contributed by atoms with van der Waals surface area (Å²) < 4.78 is 15.6. The smallest absolute Gasteiger partial charge is 0.317 e. The van der Waals surface area contributed by atoms with E-state index in [1.165, 1.54) is 68.9 Å². The molecule has 0 fully saturated rings. The van der Waals surface area contributed by atoms with Crippen molar-refractivity contribution in [2.45, 2.75) is 90.4 Å². The van der Waals surface area contributed by atoms with Gasteiger partial charge in [-0.25, -0.2) is 4.57 Å². The van der Waals surface area contributed by atoms with Crippen molar-refractivity contribution in [2.24, 2.45) is 0 Å². The maximum Gasteiger partial charge on any atom is 0.383 e. The fourth-order valence-electron chi connectivity index (χ4n) is 3.13. The van der Waals surface area contributed by atoms with E-state index in [1.807, 2.05) is 0 Å². The third kappa shape index (κ3) is 13.9. The highest BCUT2D eigenvalue weighted by atomic mass is 32.7. The van der Waals surface area contributed by atoms with E-state index in [4.69, 9.17) is 9.42 Å².